The Morgan fingerprint density at radius 2 is 2.00 bits per heavy atom. The summed E-state index contributed by atoms with van der Waals surface area (Å²) in [6.45, 7) is 5.62. The van der Waals surface area contributed by atoms with Gasteiger partial charge in [0, 0.05) is 5.39 Å². The molecule has 2 aromatic heterocycles. The smallest absolute Gasteiger partial charge is 0.214 e. The maximum Gasteiger partial charge on any atom is 0.214 e. The molecule has 0 saturated heterocycles. The Labute approximate surface area is 179 Å². The van der Waals surface area contributed by atoms with E-state index in [1.165, 1.54) is 12.5 Å². The molecule has 0 aliphatic heterocycles. The van der Waals surface area contributed by atoms with E-state index in [0.717, 1.165) is 23.8 Å². The van der Waals surface area contributed by atoms with Gasteiger partial charge in [-0.25, -0.2) is 0 Å². The number of nitrogens with zero attached hydrogens (tertiary/aromatic N) is 3. The SMILES string of the molecule is CC(=O)c1c(OC(C)c2nn[nH]n2)c(OCCCc2ccccc2)c2occc2c1C. The van der Waals surface area contributed by atoms with Gasteiger partial charge < -0.3 is 13.9 Å². The minimum atomic E-state index is -0.546. The number of fused-ring (bicyclic) bond motifs is 1. The van der Waals surface area contributed by atoms with Crippen molar-refractivity contribution < 1.29 is 18.7 Å². The zero-order valence-corrected chi connectivity index (χ0v) is 17.7. The van der Waals surface area contributed by atoms with Gasteiger partial charge in [0.05, 0.1) is 18.4 Å². The number of aryl methyl sites for hydroxylation is 2. The van der Waals surface area contributed by atoms with Gasteiger partial charge in [-0.2, -0.15) is 5.21 Å². The minimum absolute atomic E-state index is 0.120. The normalized spacial score (nSPS) is 12.1. The van der Waals surface area contributed by atoms with E-state index in [1.54, 1.807) is 13.2 Å². The number of Topliss-reactive ketones (excluding diaryl/α,β-unsaturated/α-hetero) is 1. The first-order valence-corrected chi connectivity index (χ1v) is 10.2. The Balaban J connectivity index is 1.66. The molecule has 0 saturated carbocycles. The van der Waals surface area contributed by atoms with Crippen LogP contribution in [-0.2, 0) is 6.42 Å². The first kappa shape index (κ1) is 20.6. The first-order chi connectivity index (χ1) is 15.1. The molecule has 8 heteroatoms. The summed E-state index contributed by atoms with van der Waals surface area (Å²) in [5.74, 6) is 1.01. The van der Waals surface area contributed by atoms with Crippen molar-refractivity contribution in [1.82, 2.24) is 20.6 Å². The Morgan fingerprint density at radius 1 is 1.19 bits per heavy atom. The predicted molar refractivity (Wildman–Crippen MR) is 114 cm³/mol. The van der Waals surface area contributed by atoms with Gasteiger partial charge in [0.1, 0.15) is 0 Å². The fourth-order valence-electron chi connectivity index (χ4n) is 3.64. The molecule has 0 amide bonds. The molecule has 1 N–H and O–H groups in total. The number of H-pyrrole nitrogens is 1. The van der Waals surface area contributed by atoms with Crippen molar-refractivity contribution in [3.8, 4) is 11.5 Å². The Kier molecular flexibility index (Phi) is 5.97. The lowest BCUT2D eigenvalue weighted by Gasteiger charge is -2.20. The van der Waals surface area contributed by atoms with Crippen LogP contribution in [0.1, 0.15) is 53.7 Å². The van der Waals surface area contributed by atoms with Crippen LogP contribution < -0.4 is 9.47 Å². The summed E-state index contributed by atoms with van der Waals surface area (Å²) in [4.78, 5) is 12.6. The molecule has 0 aliphatic rings. The molecule has 160 valence electrons. The van der Waals surface area contributed by atoms with E-state index in [-0.39, 0.29) is 5.78 Å². The molecule has 2 aromatic carbocycles. The van der Waals surface area contributed by atoms with Gasteiger partial charge in [0.25, 0.3) is 0 Å². The van der Waals surface area contributed by atoms with Crippen LogP contribution in [0.4, 0.5) is 0 Å². The van der Waals surface area contributed by atoms with Crippen molar-refractivity contribution >= 4 is 16.8 Å². The summed E-state index contributed by atoms with van der Waals surface area (Å²) in [6, 6.07) is 12.1. The average Bonchev–Trinajstić information content (AvgIpc) is 3.46. The standard InChI is InChI=1S/C23H24N4O4/c1-14-18-11-13-30-20(18)22(29-12-7-10-17-8-5-4-6-9-17)21(19(14)15(2)28)31-16(3)23-24-26-27-25-23/h4-6,8-9,11,13,16H,7,10,12H2,1-3H3,(H,24,25,26,27). The molecule has 4 rings (SSSR count). The molecule has 0 radical (unpaired) electrons. The third-order valence-corrected chi connectivity index (χ3v) is 5.15. The predicted octanol–water partition coefficient (Wildman–Crippen LogP) is 4.61. The molecular weight excluding hydrogens is 396 g/mol. The molecule has 2 heterocycles. The van der Waals surface area contributed by atoms with E-state index in [9.17, 15) is 4.79 Å². The number of aromatic nitrogens is 4. The highest BCUT2D eigenvalue weighted by molar-refractivity contribution is 6.05. The van der Waals surface area contributed by atoms with Gasteiger partial charge in [-0.15, -0.1) is 10.2 Å². The molecule has 4 aromatic rings. The number of rotatable bonds is 9. The lowest BCUT2D eigenvalue weighted by atomic mass is 9.99. The molecule has 1 unspecified atom stereocenters. The van der Waals surface area contributed by atoms with Crippen molar-refractivity contribution in [3.05, 3.63) is 65.2 Å². The van der Waals surface area contributed by atoms with E-state index >= 15 is 0 Å². The molecule has 8 nitrogen and oxygen atoms in total. The Bertz CT molecular complexity index is 1170. The summed E-state index contributed by atoms with van der Waals surface area (Å²) in [5, 5.41) is 14.8. The van der Waals surface area contributed by atoms with Gasteiger partial charge in [-0.3, -0.25) is 4.79 Å². The largest absolute Gasteiger partial charge is 0.486 e. The maximum atomic E-state index is 12.6. The molecule has 31 heavy (non-hydrogen) atoms. The van der Waals surface area contributed by atoms with Crippen LogP contribution in [0.3, 0.4) is 0 Å². The van der Waals surface area contributed by atoms with Crippen LogP contribution in [-0.4, -0.2) is 33.0 Å². The molecule has 0 aliphatic carbocycles. The summed E-state index contributed by atoms with van der Waals surface area (Å²) in [7, 11) is 0. The minimum Gasteiger partial charge on any atom is -0.486 e. The topological polar surface area (TPSA) is 103 Å². The molecule has 0 fully saturated rings. The van der Waals surface area contributed by atoms with Gasteiger partial charge in [0.15, 0.2) is 23.2 Å². The third kappa shape index (κ3) is 4.28. The van der Waals surface area contributed by atoms with Gasteiger partial charge in [-0.1, -0.05) is 35.5 Å². The number of nitrogens with one attached hydrogen (secondary N) is 1. The van der Waals surface area contributed by atoms with Gasteiger partial charge >= 0.3 is 0 Å². The van der Waals surface area contributed by atoms with Crippen LogP contribution in [0, 0.1) is 6.92 Å². The molecule has 0 bridgehead atoms. The summed E-state index contributed by atoms with van der Waals surface area (Å²) < 4.78 is 18.1. The number of hydrogen-bond donors (Lipinski definition) is 1. The third-order valence-electron chi connectivity index (χ3n) is 5.15. The fraction of sp³-hybridized carbons (Fsp3) is 0.304. The van der Waals surface area contributed by atoms with Crippen molar-refractivity contribution in [2.24, 2.45) is 0 Å². The quantitative estimate of drug-likeness (QED) is 0.311. The zero-order valence-electron chi connectivity index (χ0n) is 17.7. The van der Waals surface area contributed by atoms with E-state index in [4.69, 9.17) is 13.9 Å². The number of hydrogen-bond acceptors (Lipinski definition) is 7. The number of tetrazole rings is 1. The molecular formula is C23H24N4O4. The number of carbonyl (C=O) groups excluding carboxylic acids is 1. The fourth-order valence-corrected chi connectivity index (χ4v) is 3.64. The lowest BCUT2D eigenvalue weighted by Crippen LogP contribution is -2.12. The van der Waals surface area contributed by atoms with Crippen molar-refractivity contribution in [1.29, 1.82) is 0 Å². The van der Waals surface area contributed by atoms with E-state index in [2.05, 4.69) is 32.8 Å². The van der Waals surface area contributed by atoms with Gasteiger partial charge in [0.2, 0.25) is 11.6 Å². The highest BCUT2D eigenvalue weighted by Gasteiger charge is 2.27. The van der Waals surface area contributed by atoms with Gasteiger partial charge in [-0.05, 0) is 50.8 Å². The summed E-state index contributed by atoms with van der Waals surface area (Å²) >= 11 is 0. The zero-order chi connectivity index (χ0) is 21.8. The maximum absolute atomic E-state index is 12.6. The summed E-state index contributed by atoms with van der Waals surface area (Å²) in [6.07, 6.45) is 2.72. The highest BCUT2D eigenvalue weighted by atomic mass is 16.5. The number of aromatic amines is 1. The number of ether oxygens (including phenoxy) is 2. The summed E-state index contributed by atoms with van der Waals surface area (Å²) in [5.41, 5.74) is 3.04. The number of ketones is 1. The monoisotopic (exact) mass is 420 g/mol. The second-order valence-corrected chi connectivity index (χ2v) is 7.35. The van der Waals surface area contributed by atoms with Crippen LogP contribution in [0.15, 0.2) is 47.1 Å². The number of benzene rings is 2. The molecule has 1 atom stereocenters. The van der Waals surface area contributed by atoms with Crippen LogP contribution in [0.25, 0.3) is 11.0 Å². The second-order valence-electron chi connectivity index (χ2n) is 7.35. The van der Waals surface area contributed by atoms with Crippen LogP contribution in [0.2, 0.25) is 0 Å². The average molecular weight is 420 g/mol. The first-order valence-electron chi connectivity index (χ1n) is 10.2. The van der Waals surface area contributed by atoms with E-state index in [1.807, 2.05) is 31.2 Å². The van der Waals surface area contributed by atoms with E-state index in [0.29, 0.717) is 35.1 Å². The van der Waals surface area contributed by atoms with Crippen LogP contribution in [0.5, 0.6) is 11.5 Å². The van der Waals surface area contributed by atoms with Crippen molar-refractivity contribution in [3.63, 3.8) is 0 Å². The highest BCUT2D eigenvalue weighted by Crippen LogP contribution is 2.44. The van der Waals surface area contributed by atoms with Crippen molar-refractivity contribution in [2.45, 2.75) is 39.7 Å². The second kappa shape index (κ2) is 8.99. The van der Waals surface area contributed by atoms with Crippen LogP contribution >= 0.6 is 0 Å². The molecule has 0 spiro atoms. The number of furan rings is 1. The number of carbonyl (C=O) groups is 1. The Hall–Kier alpha value is -3.68. The lowest BCUT2D eigenvalue weighted by molar-refractivity contribution is 0.100. The van der Waals surface area contributed by atoms with Crippen molar-refractivity contribution in [2.75, 3.05) is 6.61 Å². The Morgan fingerprint density at radius 3 is 2.71 bits per heavy atom. The van der Waals surface area contributed by atoms with E-state index < -0.39 is 6.10 Å².